The van der Waals surface area contributed by atoms with Gasteiger partial charge in [0.25, 0.3) is 7.82 Å². The summed E-state index contributed by atoms with van der Waals surface area (Å²) in [5.74, 6) is -0.814. The minimum Gasteiger partial charge on any atom is -0.756 e. The van der Waals surface area contributed by atoms with Crippen molar-refractivity contribution in [1.29, 1.82) is 0 Å². The third-order valence-electron chi connectivity index (χ3n) is 15.6. The molecule has 0 aromatic rings. The lowest BCUT2D eigenvalue weighted by atomic mass is 10.0. The summed E-state index contributed by atoms with van der Waals surface area (Å²) in [7, 11) is 1.18. The molecule has 0 amide bonds. The highest BCUT2D eigenvalue weighted by Crippen LogP contribution is 2.38. The third-order valence-corrected chi connectivity index (χ3v) is 16.6. The van der Waals surface area contributed by atoms with Crippen molar-refractivity contribution in [2.24, 2.45) is 0 Å². The van der Waals surface area contributed by atoms with Crippen LogP contribution in [0.3, 0.4) is 0 Å². The Morgan fingerprint density at radius 1 is 0.388 bits per heavy atom. The fraction of sp³-hybridized carbons (Fsp3) is 0.886. The number of hydrogen-bond donors (Lipinski definition) is 0. The first-order valence-corrected chi connectivity index (χ1v) is 36.2. The van der Waals surface area contributed by atoms with Gasteiger partial charge in [-0.2, -0.15) is 0 Å². The Morgan fingerprint density at radius 2 is 0.675 bits per heavy atom. The summed E-state index contributed by atoms with van der Waals surface area (Å²) < 4.78 is 34.3. The second-order valence-corrected chi connectivity index (χ2v) is 26.3. The Morgan fingerprint density at radius 3 is 1.00 bits per heavy atom. The van der Waals surface area contributed by atoms with Crippen LogP contribution in [-0.2, 0) is 32.7 Å². The van der Waals surface area contributed by atoms with Crippen molar-refractivity contribution in [3.63, 3.8) is 0 Å². The molecule has 0 N–H and O–H groups in total. The number of carbonyl (C=O) groups excluding carboxylic acids is 2. The van der Waals surface area contributed by atoms with E-state index in [4.69, 9.17) is 18.5 Å². The average molecular weight is 1150 g/mol. The van der Waals surface area contributed by atoms with E-state index in [9.17, 15) is 19.0 Å². The van der Waals surface area contributed by atoms with Gasteiger partial charge in [0, 0.05) is 12.8 Å². The Hall–Kier alpha value is -1.77. The van der Waals surface area contributed by atoms with Crippen LogP contribution in [0.2, 0.25) is 0 Å². The molecule has 0 aromatic heterocycles. The van der Waals surface area contributed by atoms with Crippen LogP contribution in [0.25, 0.3) is 0 Å². The fourth-order valence-corrected chi connectivity index (χ4v) is 11.0. The van der Waals surface area contributed by atoms with Crippen LogP contribution < -0.4 is 4.89 Å². The molecule has 10 heteroatoms. The molecule has 0 aliphatic carbocycles. The minimum atomic E-state index is -4.64. The lowest BCUT2D eigenvalue weighted by Gasteiger charge is -2.28. The van der Waals surface area contributed by atoms with Crippen molar-refractivity contribution >= 4 is 19.8 Å². The predicted octanol–water partition coefficient (Wildman–Crippen LogP) is 21.6. The van der Waals surface area contributed by atoms with E-state index < -0.39 is 26.5 Å². The molecule has 2 atom stereocenters. The number of allylic oxidation sites excluding steroid dienone is 6. The fourth-order valence-electron chi connectivity index (χ4n) is 10.3. The number of phosphoric ester groups is 1. The van der Waals surface area contributed by atoms with Gasteiger partial charge in [-0.05, 0) is 70.6 Å². The second kappa shape index (κ2) is 61.8. The van der Waals surface area contributed by atoms with Crippen LogP contribution in [0.5, 0.6) is 0 Å². The lowest BCUT2D eigenvalue weighted by Crippen LogP contribution is -2.37. The first-order chi connectivity index (χ1) is 39.0. The highest BCUT2D eigenvalue weighted by atomic mass is 31.2. The highest BCUT2D eigenvalue weighted by Gasteiger charge is 2.22. The van der Waals surface area contributed by atoms with Crippen molar-refractivity contribution in [2.75, 3.05) is 47.5 Å². The zero-order valence-electron chi connectivity index (χ0n) is 53.8. The molecule has 0 aromatic carbocycles. The van der Waals surface area contributed by atoms with E-state index in [-0.39, 0.29) is 32.0 Å². The highest BCUT2D eigenvalue weighted by molar-refractivity contribution is 7.45. The number of esters is 2. The van der Waals surface area contributed by atoms with Crippen molar-refractivity contribution in [3.05, 3.63) is 36.5 Å². The molecule has 0 rings (SSSR count). The SMILES string of the molecule is CCCCCCC/C=C\C/C=C\CCCCCCCCCCCCCCCCCC(=O)OC(COC(=O)CCCCCCCCCCCCCCCCCCC/C=C\CCCCCCCCCC)COP(=O)([O-])OCC[N+](C)(C)C. The zero-order valence-corrected chi connectivity index (χ0v) is 54.7. The molecule has 472 valence electrons. The van der Waals surface area contributed by atoms with E-state index >= 15 is 0 Å². The molecule has 0 radical (unpaired) electrons. The topological polar surface area (TPSA) is 111 Å². The van der Waals surface area contributed by atoms with Crippen LogP contribution in [0.1, 0.15) is 348 Å². The van der Waals surface area contributed by atoms with E-state index in [1.807, 2.05) is 21.1 Å². The third kappa shape index (κ3) is 65.4. The summed E-state index contributed by atoms with van der Waals surface area (Å²) in [6, 6.07) is 0. The molecule has 0 aliphatic rings. The van der Waals surface area contributed by atoms with Crippen LogP contribution in [0, 0.1) is 0 Å². The van der Waals surface area contributed by atoms with Gasteiger partial charge in [0.05, 0.1) is 27.7 Å². The number of likely N-dealkylation sites (N-methyl/N-ethyl adjacent to an activating group) is 1. The van der Waals surface area contributed by atoms with Gasteiger partial charge in [0.1, 0.15) is 19.8 Å². The van der Waals surface area contributed by atoms with Gasteiger partial charge in [0.2, 0.25) is 0 Å². The van der Waals surface area contributed by atoms with E-state index in [0.29, 0.717) is 17.4 Å². The molecule has 0 heterocycles. The molecule has 0 aliphatic heterocycles. The van der Waals surface area contributed by atoms with Gasteiger partial charge >= 0.3 is 11.9 Å². The van der Waals surface area contributed by atoms with Crippen molar-refractivity contribution < 1.29 is 42.1 Å². The standard InChI is InChI=1S/C70H134NO8P/c1-6-8-10-12-14-16-18-20-22-24-26-28-30-32-34-35-37-38-40-42-44-46-48-50-52-54-56-58-60-62-69(72)76-66-68(67-78-80(74,75)77-65-64-71(3,4)5)79-70(73)63-61-59-57-55-53-51-49-47-45-43-41-39-36-33-31-29-27-25-23-21-19-17-15-13-11-9-7-2/h19,21,24-27,68H,6-18,20,22-23,28-67H2,1-5H3/b21-19-,26-24-,27-25-. The van der Waals surface area contributed by atoms with Crippen LogP contribution >= 0.6 is 7.82 Å². The van der Waals surface area contributed by atoms with Gasteiger partial charge in [0.15, 0.2) is 6.10 Å². The van der Waals surface area contributed by atoms with Gasteiger partial charge in [-0.1, -0.05) is 301 Å². The maximum absolute atomic E-state index is 12.9. The summed E-state index contributed by atoms with van der Waals surface area (Å²) in [5.41, 5.74) is 0. The van der Waals surface area contributed by atoms with E-state index in [0.717, 1.165) is 44.9 Å². The zero-order chi connectivity index (χ0) is 58.4. The van der Waals surface area contributed by atoms with Crippen LogP contribution in [-0.4, -0.2) is 70.0 Å². The lowest BCUT2D eigenvalue weighted by molar-refractivity contribution is -0.870. The quantitative estimate of drug-likeness (QED) is 0.0195. The first kappa shape index (κ1) is 78.2. The van der Waals surface area contributed by atoms with Crippen molar-refractivity contribution in [2.45, 2.75) is 354 Å². The first-order valence-electron chi connectivity index (χ1n) is 34.7. The second-order valence-electron chi connectivity index (χ2n) is 24.9. The number of unbranched alkanes of at least 4 members (excludes halogenated alkanes) is 45. The van der Waals surface area contributed by atoms with E-state index in [1.54, 1.807) is 0 Å². The van der Waals surface area contributed by atoms with Crippen LogP contribution in [0.4, 0.5) is 0 Å². The Kier molecular flexibility index (Phi) is 60.4. The summed E-state index contributed by atoms with van der Waals surface area (Å²) in [6.07, 6.45) is 77.9. The molecule has 9 nitrogen and oxygen atoms in total. The minimum absolute atomic E-state index is 0.0285. The predicted molar refractivity (Wildman–Crippen MR) is 342 cm³/mol. The number of hydrogen-bond acceptors (Lipinski definition) is 8. The summed E-state index contributed by atoms with van der Waals surface area (Å²) in [4.78, 5) is 38.0. The molecule has 80 heavy (non-hydrogen) atoms. The smallest absolute Gasteiger partial charge is 0.306 e. The number of carbonyl (C=O) groups is 2. The number of rotatable bonds is 65. The van der Waals surface area contributed by atoms with E-state index in [2.05, 4.69) is 50.3 Å². The maximum Gasteiger partial charge on any atom is 0.306 e. The number of nitrogens with zero attached hydrogens (tertiary/aromatic N) is 1. The Labute approximate surface area is 497 Å². The maximum atomic E-state index is 12.9. The van der Waals surface area contributed by atoms with Crippen molar-refractivity contribution in [1.82, 2.24) is 0 Å². The Balaban J connectivity index is 4.01. The molecular weight excluding hydrogens is 1010 g/mol. The van der Waals surface area contributed by atoms with E-state index in [1.165, 1.54) is 270 Å². The number of phosphoric acid groups is 1. The number of quaternary nitrogens is 1. The van der Waals surface area contributed by atoms with Gasteiger partial charge < -0.3 is 27.9 Å². The van der Waals surface area contributed by atoms with Gasteiger partial charge in [-0.15, -0.1) is 0 Å². The average Bonchev–Trinajstić information content (AvgIpc) is 3.42. The summed E-state index contributed by atoms with van der Waals surface area (Å²) >= 11 is 0. The number of ether oxygens (including phenoxy) is 2. The van der Waals surface area contributed by atoms with Gasteiger partial charge in [-0.3, -0.25) is 14.2 Å². The van der Waals surface area contributed by atoms with Gasteiger partial charge in [-0.25, -0.2) is 0 Å². The molecule has 0 saturated carbocycles. The van der Waals surface area contributed by atoms with Crippen LogP contribution in [0.15, 0.2) is 36.5 Å². The normalized spacial score (nSPS) is 13.3. The van der Waals surface area contributed by atoms with Crippen molar-refractivity contribution in [3.8, 4) is 0 Å². The molecule has 0 bridgehead atoms. The summed E-state index contributed by atoms with van der Waals surface area (Å²) in [5, 5.41) is 0. The largest absolute Gasteiger partial charge is 0.756 e. The Bertz CT molecular complexity index is 1440. The molecule has 0 saturated heterocycles. The summed E-state index contributed by atoms with van der Waals surface area (Å²) in [6.45, 7) is 4.29. The molecule has 0 fully saturated rings. The monoisotopic (exact) mass is 1150 g/mol. The molecular formula is C70H134NO8P. The molecule has 0 spiro atoms. The molecule has 2 unspecified atom stereocenters.